The topological polar surface area (TPSA) is 93.0 Å². The van der Waals surface area contributed by atoms with Crippen LogP contribution in [-0.2, 0) is 23.4 Å². The second kappa shape index (κ2) is 8.74. The highest BCUT2D eigenvalue weighted by atomic mass is 32.2. The van der Waals surface area contributed by atoms with Gasteiger partial charge in [0.15, 0.2) is 14.9 Å². The summed E-state index contributed by atoms with van der Waals surface area (Å²) in [6.45, 7) is 5.24. The van der Waals surface area contributed by atoms with Gasteiger partial charge >= 0.3 is 0 Å². The Labute approximate surface area is 190 Å². The summed E-state index contributed by atoms with van der Waals surface area (Å²) in [5.74, 6) is 2.06. The number of nitrogens with one attached hydrogen (secondary N) is 1. The van der Waals surface area contributed by atoms with Gasteiger partial charge in [-0.25, -0.2) is 8.42 Å². The number of likely N-dealkylation sites (tertiary alicyclic amines) is 1. The maximum atomic E-state index is 12.8. The molecule has 3 fully saturated rings. The molecular formula is C23H34N6O2S. The van der Waals surface area contributed by atoms with Gasteiger partial charge in [0.2, 0.25) is 0 Å². The van der Waals surface area contributed by atoms with Gasteiger partial charge in [0, 0.05) is 38.4 Å². The van der Waals surface area contributed by atoms with Gasteiger partial charge < -0.3 is 5.32 Å². The highest BCUT2D eigenvalue weighted by molar-refractivity contribution is 7.92. The van der Waals surface area contributed by atoms with Crippen molar-refractivity contribution in [2.24, 2.45) is 18.9 Å². The largest absolute Gasteiger partial charge is 0.366 e. The highest BCUT2D eigenvalue weighted by Crippen LogP contribution is 2.39. The lowest BCUT2D eigenvalue weighted by atomic mass is 10.0. The van der Waals surface area contributed by atoms with Crippen molar-refractivity contribution in [2.45, 2.75) is 74.7 Å². The molecule has 2 aliphatic carbocycles. The molecule has 0 aromatic carbocycles. The molecule has 2 saturated carbocycles. The molecule has 32 heavy (non-hydrogen) atoms. The molecule has 2 aromatic rings. The second-order valence-corrected chi connectivity index (χ2v) is 12.2. The Bertz CT molecular complexity index is 1010. The van der Waals surface area contributed by atoms with E-state index in [1.165, 1.54) is 5.69 Å². The Balaban J connectivity index is 1.14. The predicted octanol–water partition coefficient (Wildman–Crippen LogP) is 2.95. The molecule has 3 heterocycles. The fourth-order valence-electron chi connectivity index (χ4n) is 5.89. The van der Waals surface area contributed by atoms with Gasteiger partial charge in [0.05, 0.1) is 10.9 Å². The van der Waals surface area contributed by atoms with Crippen molar-refractivity contribution in [3.8, 4) is 0 Å². The van der Waals surface area contributed by atoms with Gasteiger partial charge in [-0.15, -0.1) is 10.2 Å². The Morgan fingerprint density at radius 2 is 1.78 bits per heavy atom. The maximum absolute atomic E-state index is 12.8. The monoisotopic (exact) mass is 458 g/mol. The van der Waals surface area contributed by atoms with Crippen molar-refractivity contribution in [2.75, 3.05) is 18.4 Å². The first-order valence-corrected chi connectivity index (χ1v) is 13.5. The SMILES string of the molecule is Cc1cc(CN2C[C@H]3C[C@@H](Nc4ccc(S(=O)(=O)C5CCCCC5)nn4)C[C@H]3C2)nn1C. The summed E-state index contributed by atoms with van der Waals surface area (Å²) in [6, 6.07) is 5.97. The van der Waals surface area contributed by atoms with Crippen LogP contribution in [0.1, 0.15) is 56.3 Å². The maximum Gasteiger partial charge on any atom is 0.200 e. The van der Waals surface area contributed by atoms with Crippen LogP contribution in [0.15, 0.2) is 23.2 Å². The smallest absolute Gasteiger partial charge is 0.200 e. The van der Waals surface area contributed by atoms with E-state index >= 15 is 0 Å². The van der Waals surface area contributed by atoms with E-state index in [4.69, 9.17) is 0 Å². The number of rotatable bonds is 6. The van der Waals surface area contributed by atoms with Crippen LogP contribution in [-0.4, -0.2) is 57.7 Å². The molecule has 9 heteroatoms. The zero-order valence-corrected chi connectivity index (χ0v) is 19.9. The molecule has 1 saturated heterocycles. The van der Waals surface area contributed by atoms with Gasteiger partial charge in [-0.3, -0.25) is 9.58 Å². The molecule has 2 aromatic heterocycles. The molecule has 0 amide bonds. The predicted molar refractivity (Wildman–Crippen MR) is 123 cm³/mol. The van der Waals surface area contributed by atoms with Crippen LogP contribution in [0.25, 0.3) is 0 Å². The lowest BCUT2D eigenvalue weighted by Crippen LogP contribution is -2.26. The van der Waals surface area contributed by atoms with Gasteiger partial charge in [-0.2, -0.15) is 5.10 Å². The van der Waals surface area contributed by atoms with E-state index in [0.717, 1.165) is 70.3 Å². The van der Waals surface area contributed by atoms with Crippen molar-refractivity contribution in [3.05, 3.63) is 29.6 Å². The summed E-state index contributed by atoms with van der Waals surface area (Å²) in [6.07, 6.45) is 6.82. The summed E-state index contributed by atoms with van der Waals surface area (Å²) in [4.78, 5) is 2.53. The average molecular weight is 459 g/mol. The Morgan fingerprint density at radius 1 is 1.06 bits per heavy atom. The lowest BCUT2D eigenvalue weighted by molar-refractivity contribution is 0.296. The minimum Gasteiger partial charge on any atom is -0.366 e. The third-order valence-corrected chi connectivity index (χ3v) is 9.80. The molecule has 5 rings (SSSR count). The number of hydrogen-bond donors (Lipinski definition) is 1. The van der Waals surface area contributed by atoms with E-state index in [9.17, 15) is 8.42 Å². The number of nitrogens with zero attached hydrogens (tertiary/aromatic N) is 5. The van der Waals surface area contributed by atoms with E-state index in [1.54, 1.807) is 12.1 Å². The first-order chi connectivity index (χ1) is 15.4. The van der Waals surface area contributed by atoms with Gasteiger partial charge in [0.1, 0.15) is 5.82 Å². The van der Waals surface area contributed by atoms with Crippen LogP contribution in [0.4, 0.5) is 5.82 Å². The van der Waals surface area contributed by atoms with Crippen molar-refractivity contribution in [3.63, 3.8) is 0 Å². The van der Waals surface area contributed by atoms with Crippen LogP contribution in [0, 0.1) is 18.8 Å². The highest BCUT2D eigenvalue weighted by Gasteiger charge is 2.41. The normalized spacial score (nSPS) is 27.0. The van der Waals surface area contributed by atoms with Gasteiger partial charge in [0.25, 0.3) is 0 Å². The Morgan fingerprint density at radius 3 is 2.38 bits per heavy atom. The molecular weight excluding hydrogens is 424 g/mol. The number of aryl methyl sites for hydroxylation is 2. The van der Waals surface area contributed by atoms with Crippen molar-refractivity contribution in [1.82, 2.24) is 24.9 Å². The standard InChI is InChI=1S/C23H34N6O2S/c1-16-10-20(27-28(16)2)15-29-13-17-11-19(12-18(17)14-29)24-22-8-9-23(26-25-22)32(30,31)21-6-4-3-5-7-21/h8-10,17-19,21H,3-7,11-15H2,1-2H3,(H,24,25)/t17-,18+,19-. The third-order valence-electron chi connectivity index (χ3n) is 7.65. The van der Waals surface area contributed by atoms with Crippen molar-refractivity contribution < 1.29 is 8.42 Å². The molecule has 3 atom stereocenters. The van der Waals surface area contributed by atoms with E-state index in [-0.39, 0.29) is 10.3 Å². The number of fused-ring (bicyclic) bond motifs is 1. The van der Waals surface area contributed by atoms with E-state index in [1.807, 2.05) is 11.7 Å². The molecule has 0 spiro atoms. The van der Waals surface area contributed by atoms with E-state index in [0.29, 0.717) is 23.7 Å². The molecule has 0 unspecified atom stereocenters. The first kappa shape index (κ1) is 21.8. The molecule has 3 aliphatic rings. The molecule has 1 N–H and O–H groups in total. The molecule has 1 aliphatic heterocycles. The van der Waals surface area contributed by atoms with Crippen molar-refractivity contribution >= 4 is 15.7 Å². The zero-order chi connectivity index (χ0) is 22.3. The number of hydrogen-bond acceptors (Lipinski definition) is 7. The average Bonchev–Trinajstić information content (AvgIpc) is 3.42. The number of anilines is 1. The summed E-state index contributed by atoms with van der Waals surface area (Å²) in [7, 11) is -1.37. The first-order valence-electron chi connectivity index (χ1n) is 11.9. The van der Waals surface area contributed by atoms with E-state index in [2.05, 4.69) is 38.5 Å². The number of sulfone groups is 1. The van der Waals surface area contributed by atoms with Crippen LogP contribution in [0.3, 0.4) is 0 Å². The van der Waals surface area contributed by atoms with Crippen LogP contribution in [0.2, 0.25) is 0 Å². The van der Waals surface area contributed by atoms with Gasteiger partial charge in [-0.05, 0) is 62.6 Å². The summed E-state index contributed by atoms with van der Waals surface area (Å²) < 4.78 is 27.6. The lowest BCUT2D eigenvalue weighted by Gasteiger charge is -2.21. The van der Waals surface area contributed by atoms with Crippen LogP contribution < -0.4 is 5.32 Å². The second-order valence-electron chi connectivity index (χ2n) is 9.99. The number of aromatic nitrogens is 4. The summed E-state index contributed by atoms with van der Waals surface area (Å²) in [5.41, 5.74) is 2.35. The van der Waals surface area contributed by atoms with Crippen LogP contribution in [0.5, 0.6) is 0 Å². The Kier molecular flexibility index (Phi) is 5.96. The Hall–Kier alpha value is -2.00. The van der Waals surface area contributed by atoms with Gasteiger partial charge in [-0.1, -0.05) is 19.3 Å². The minimum absolute atomic E-state index is 0.124. The molecule has 0 radical (unpaired) electrons. The quantitative estimate of drug-likeness (QED) is 0.711. The zero-order valence-electron chi connectivity index (χ0n) is 19.1. The van der Waals surface area contributed by atoms with Crippen molar-refractivity contribution in [1.29, 1.82) is 0 Å². The molecule has 8 nitrogen and oxygen atoms in total. The molecule has 0 bridgehead atoms. The summed E-state index contributed by atoms with van der Waals surface area (Å²) in [5, 5.41) is 16.2. The minimum atomic E-state index is -3.37. The van der Waals surface area contributed by atoms with Crippen LogP contribution >= 0.6 is 0 Å². The van der Waals surface area contributed by atoms with E-state index < -0.39 is 9.84 Å². The fraction of sp³-hybridized carbons (Fsp3) is 0.696. The summed E-state index contributed by atoms with van der Waals surface area (Å²) >= 11 is 0. The molecule has 174 valence electrons. The third kappa shape index (κ3) is 4.41. The fourth-order valence-corrected chi connectivity index (χ4v) is 7.60.